The van der Waals surface area contributed by atoms with Gasteiger partial charge in [-0.15, -0.1) is 0 Å². The molecular formula is C15H21N3O5. The zero-order valence-electron chi connectivity index (χ0n) is 13.1. The van der Waals surface area contributed by atoms with E-state index in [2.05, 4.69) is 10.6 Å². The van der Waals surface area contributed by atoms with E-state index in [4.69, 9.17) is 5.11 Å². The summed E-state index contributed by atoms with van der Waals surface area (Å²) in [6.45, 7) is 3.77. The third-order valence-electron chi connectivity index (χ3n) is 3.56. The molecule has 8 nitrogen and oxygen atoms in total. The first-order valence-electron chi connectivity index (χ1n) is 7.36. The van der Waals surface area contributed by atoms with Crippen LogP contribution in [0, 0.1) is 16.0 Å². The second-order valence-corrected chi connectivity index (χ2v) is 5.22. The average Bonchev–Trinajstić information content (AvgIpc) is 2.51. The zero-order valence-corrected chi connectivity index (χ0v) is 13.1. The summed E-state index contributed by atoms with van der Waals surface area (Å²) >= 11 is 0. The molecular weight excluding hydrogens is 302 g/mol. The Morgan fingerprint density at radius 2 is 2.00 bits per heavy atom. The Morgan fingerprint density at radius 1 is 1.35 bits per heavy atom. The SMILES string of the molecule is CCC(C)C(NC(=O)CCNc1ccccc1[N+](=O)[O-])C(=O)O. The summed E-state index contributed by atoms with van der Waals surface area (Å²) in [7, 11) is 0. The van der Waals surface area contributed by atoms with Crippen molar-refractivity contribution in [2.45, 2.75) is 32.7 Å². The van der Waals surface area contributed by atoms with Gasteiger partial charge in [-0.1, -0.05) is 32.4 Å². The van der Waals surface area contributed by atoms with Crippen molar-refractivity contribution in [2.24, 2.45) is 5.92 Å². The number of amides is 1. The van der Waals surface area contributed by atoms with E-state index < -0.39 is 22.8 Å². The van der Waals surface area contributed by atoms with E-state index in [1.807, 2.05) is 6.92 Å². The van der Waals surface area contributed by atoms with Gasteiger partial charge in [0, 0.05) is 19.0 Å². The van der Waals surface area contributed by atoms with Gasteiger partial charge in [-0.3, -0.25) is 14.9 Å². The first kappa shape index (κ1) is 18.4. The number of carboxylic acid groups (broad SMARTS) is 1. The summed E-state index contributed by atoms with van der Waals surface area (Å²) in [6.07, 6.45) is 0.651. The molecule has 0 saturated carbocycles. The number of carboxylic acids is 1. The van der Waals surface area contributed by atoms with Crippen molar-refractivity contribution < 1.29 is 19.6 Å². The van der Waals surface area contributed by atoms with Gasteiger partial charge in [0.2, 0.25) is 5.91 Å². The number of nitro groups is 1. The Morgan fingerprint density at radius 3 is 2.57 bits per heavy atom. The van der Waals surface area contributed by atoms with Crippen molar-refractivity contribution in [3.8, 4) is 0 Å². The molecule has 8 heteroatoms. The molecule has 0 fully saturated rings. The van der Waals surface area contributed by atoms with E-state index >= 15 is 0 Å². The van der Waals surface area contributed by atoms with Crippen LogP contribution < -0.4 is 10.6 Å². The first-order chi connectivity index (χ1) is 10.9. The lowest BCUT2D eigenvalue weighted by molar-refractivity contribution is -0.384. The van der Waals surface area contributed by atoms with Crippen LogP contribution in [0.2, 0.25) is 0 Å². The van der Waals surface area contributed by atoms with Crippen LogP contribution in [0.1, 0.15) is 26.7 Å². The van der Waals surface area contributed by atoms with Crippen molar-refractivity contribution in [1.82, 2.24) is 5.32 Å². The number of rotatable bonds is 9. The molecule has 1 aromatic carbocycles. The summed E-state index contributed by atoms with van der Waals surface area (Å²) in [5.74, 6) is -1.66. The molecule has 0 aliphatic heterocycles. The van der Waals surface area contributed by atoms with Crippen molar-refractivity contribution >= 4 is 23.3 Å². The highest BCUT2D eigenvalue weighted by atomic mass is 16.6. The number of para-hydroxylation sites is 2. The normalized spacial score (nSPS) is 13.0. The highest BCUT2D eigenvalue weighted by molar-refractivity contribution is 5.84. The Balaban J connectivity index is 2.54. The lowest BCUT2D eigenvalue weighted by Crippen LogP contribution is -2.45. The van der Waals surface area contributed by atoms with E-state index in [1.54, 1.807) is 25.1 Å². The predicted molar refractivity (Wildman–Crippen MR) is 85.2 cm³/mol. The van der Waals surface area contributed by atoms with Crippen molar-refractivity contribution in [3.63, 3.8) is 0 Å². The minimum absolute atomic E-state index is 0.0201. The number of hydrogen-bond acceptors (Lipinski definition) is 5. The summed E-state index contributed by atoms with van der Waals surface area (Å²) in [5.41, 5.74) is 0.248. The van der Waals surface area contributed by atoms with E-state index in [0.29, 0.717) is 12.1 Å². The van der Waals surface area contributed by atoms with Crippen molar-refractivity contribution in [1.29, 1.82) is 0 Å². The van der Waals surface area contributed by atoms with Crippen molar-refractivity contribution in [3.05, 3.63) is 34.4 Å². The number of nitro benzene ring substituents is 1. The second-order valence-electron chi connectivity index (χ2n) is 5.22. The molecule has 126 valence electrons. The molecule has 0 bridgehead atoms. The van der Waals surface area contributed by atoms with E-state index in [-0.39, 0.29) is 24.6 Å². The lowest BCUT2D eigenvalue weighted by atomic mass is 9.99. The quantitative estimate of drug-likeness (QED) is 0.472. The predicted octanol–water partition coefficient (Wildman–Crippen LogP) is 2.01. The maximum absolute atomic E-state index is 11.8. The number of anilines is 1. The van der Waals surface area contributed by atoms with Crippen LogP contribution >= 0.6 is 0 Å². The molecule has 1 aromatic rings. The van der Waals surface area contributed by atoms with Gasteiger partial charge in [-0.25, -0.2) is 4.79 Å². The Kier molecular flexibility index (Phi) is 6.98. The molecule has 2 atom stereocenters. The molecule has 0 aromatic heterocycles. The fourth-order valence-corrected chi connectivity index (χ4v) is 2.02. The Labute approximate surface area is 134 Å². The minimum atomic E-state index is -1.07. The molecule has 2 unspecified atom stereocenters. The van der Waals surface area contributed by atoms with Gasteiger partial charge >= 0.3 is 5.97 Å². The molecule has 0 saturated heterocycles. The van der Waals surface area contributed by atoms with Gasteiger partial charge in [0.05, 0.1) is 4.92 Å². The van der Waals surface area contributed by atoms with Crippen molar-refractivity contribution in [2.75, 3.05) is 11.9 Å². The van der Waals surface area contributed by atoms with Gasteiger partial charge in [0.25, 0.3) is 5.69 Å². The molecule has 23 heavy (non-hydrogen) atoms. The summed E-state index contributed by atoms with van der Waals surface area (Å²) in [6, 6.07) is 5.19. The van der Waals surface area contributed by atoms with Gasteiger partial charge in [0.1, 0.15) is 11.7 Å². The largest absolute Gasteiger partial charge is 0.480 e. The maximum atomic E-state index is 11.8. The topological polar surface area (TPSA) is 122 Å². The summed E-state index contributed by atoms with van der Waals surface area (Å²) < 4.78 is 0. The first-order valence-corrected chi connectivity index (χ1v) is 7.36. The van der Waals surface area contributed by atoms with Crippen LogP contribution in [0.15, 0.2) is 24.3 Å². The maximum Gasteiger partial charge on any atom is 0.326 e. The number of carbonyl (C=O) groups is 2. The number of nitrogens with zero attached hydrogens (tertiary/aromatic N) is 1. The number of hydrogen-bond donors (Lipinski definition) is 3. The van der Waals surface area contributed by atoms with E-state index in [1.165, 1.54) is 6.07 Å². The molecule has 1 rings (SSSR count). The van der Waals surface area contributed by atoms with Gasteiger partial charge in [0.15, 0.2) is 0 Å². The van der Waals surface area contributed by atoms with Crippen LogP contribution in [0.4, 0.5) is 11.4 Å². The molecule has 0 aliphatic carbocycles. The standard InChI is InChI=1S/C15H21N3O5/c1-3-10(2)14(15(20)21)17-13(19)8-9-16-11-6-4-5-7-12(11)18(22)23/h4-7,10,14,16H,3,8-9H2,1-2H3,(H,17,19)(H,20,21). The minimum Gasteiger partial charge on any atom is -0.480 e. The molecule has 1 amide bonds. The fourth-order valence-electron chi connectivity index (χ4n) is 2.02. The Hall–Kier alpha value is -2.64. The lowest BCUT2D eigenvalue weighted by Gasteiger charge is -2.20. The number of benzene rings is 1. The summed E-state index contributed by atoms with van der Waals surface area (Å²) in [5, 5.41) is 25.3. The fraction of sp³-hybridized carbons (Fsp3) is 0.467. The highest BCUT2D eigenvalue weighted by Crippen LogP contribution is 2.22. The third-order valence-corrected chi connectivity index (χ3v) is 3.56. The molecule has 3 N–H and O–H groups in total. The van der Waals surface area contributed by atoms with E-state index in [9.17, 15) is 19.7 Å². The highest BCUT2D eigenvalue weighted by Gasteiger charge is 2.25. The molecule has 0 spiro atoms. The number of aliphatic carboxylic acids is 1. The zero-order chi connectivity index (χ0) is 17.4. The van der Waals surface area contributed by atoms with Crippen LogP contribution in [-0.2, 0) is 9.59 Å². The molecule has 0 radical (unpaired) electrons. The Bertz CT molecular complexity index is 576. The van der Waals surface area contributed by atoms with Crippen LogP contribution in [-0.4, -0.2) is 34.5 Å². The summed E-state index contributed by atoms with van der Waals surface area (Å²) in [4.78, 5) is 33.3. The van der Waals surface area contributed by atoms with E-state index in [0.717, 1.165) is 0 Å². The van der Waals surface area contributed by atoms with Gasteiger partial charge in [-0.2, -0.15) is 0 Å². The van der Waals surface area contributed by atoms with Gasteiger partial charge in [-0.05, 0) is 12.0 Å². The van der Waals surface area contributed by atoms with Crippen LogP contribution in [0.5, 0.6) is 0 Å². The molecule has 0 heterocycles. The van der Waals surface area contributed by atoms with Gasteiger partial charge < -0.3 is 15.7 Å². The van der Waals surface area contributed by atoms with Crippen LogP contribution in [0.3, 0.4) is 0 Å². The smallest absolute Gasteiger partial charge is 0.326 e. The average molecular weight is 323 g/mol. The third kappa shape index (κ3) is 5.57. The number of nitrogens with one attached hydrogen (secondary N) is 2. The second kappa shape index (κ2) is 8.72. The van der Waals surface area contributed by atoms with Crippen LogP contribution in [0.25, 0.3) is 0 Å². The monoisotopic (exact) mass is 323 g/mol. The number of carbonyl (C=O) groups excluding carboxylic acids is 1. The molecule has 0 aliphatic rings.